The highest BCUT2D eigenvalue weighted by Gasteiger charge is 2.15. The number of aliphatic carboxylic acids is 1. The molecule has 0 unspecified atom stereocenters. The van der Waals surface area contributed by atoms with E-state index in [0.717, 1.165) is 6.07 Å². The van der Waals surface area contributed by atoms with Crippen molar-refractivity contribution in [2.24, 2.45) is 0 Å². The van der Waals surface area contributed by atoms with E-state index >= 15 is 0 Å². The van der Waals surface area contributed by atoms with Crippen LogP contribution in [-0.2, 0) is 4.79 Å². The van der Waals surface area contributed by atoms with E-state index in [1.54, 1.807) is 0 Å². The van der Waals surface area contributed by atoms with Crippen molar-refractivity contribution in [1.29, 1.82) is 0 Å². The minimum atomic E-state index is -1.27. The van der Waals surface area contributed by atoms with Crippen molar-refractivity contribution in [1.82, 2.24) is 0 Å². The Labute approximate surface area is 79.9 Å². The number of carboxylic acids is 1. The van der Waals surface area contributed by atoms with Gasteiger partial charge >= 0.3 is 5.97 Å². The van der Waals surface area contributed by atoms with Crippen LogP contribution in [0.2, 0.25) is 0 Å². The molecule has 0 fully saturated rings. The second-order valence-corrected chi connectivity index (χ2v) is 2.86. The SMILES string of the molecule is O=C(O)C[C@H](O)c1ccc(O)cc1O. The Hall–Kier alpha value is -1.75. The van der Waals surface area contributed by atoms with Crippen molar-refractivity contribution in [3.8, 4) is 11.5 Å². The Bertz CT molecular complexity index is 347. The van der Waals surface area contributed by atoms with E-state index in [9.17, 15) is 15.0 Å². The lowest BCUT2D eigenvalue weighted by Crippen LogP contribution is -2.05. The molecule has 0 saturated heterocycles. The summed E-state index contributed by atoms with van der Waals surface area (Å²) in [7, 11) is 0. The summed E-state index contributed by atoms with van der Waals surface area (Å²) < 4.78 is 0. The largest absolute Gasteiger partial charge is 0.508 e. The minimum absolute atomic E-state index is 0.0881. The molecule has 0 aromatic heterocycles. The number of phenols is 2. The number of carboxylic acid groups (broad SMARTS) is 1. The van der Waals surface area contributed by atoms with Gasteiger partial charge in [0.05, 0.1) is 12.5 Å². The molecule has 1 atom stereocenters. The van der Waals surface area contributed by atoms with Gasteiger partial charge in [-0.25, -0.2) is 0 Å². The van der Waals surface area contributed by atoms with E-state index in [0.29, 0.717) is 0 Å². The molecule has 0 aliphatic carbocycles. The number of phenolic OH excluding ortho intramolecular Hbond substituents is 2. The molecule has 4 N–H and O–H groups in total. The van der Waals surface area contributed by atoms with Crippen LogP contribution in [0.5, 0.6) is 11.5 Å². The van der Waals surface area contributed by atoms with Crippen molar-refractivity contribution >= 4 is 5.97 Å². The van der Waals surface area contributed by atoms with Gasteiger partial charge in [0, 0.05) is 11.6 Å². The second-order valence-electron chi connectivity index (χ2n) is 2.86. The third-order valence-corrected chi connectivity index (χ3v) is 1.74. The first-order chi connectivity index (χ1) is 6.50. The molecule has 0 aliphatic heterocycles. The van der Waals surface area contributed by atoms with Gasteiger partial charge in [-0.15, -0.1) is 0 Å². The third-order valence-electron chi connectivity index (χ3n) is 1.74. The van der Waals surface area contributed by atoms with Gasteiger partial charge < -0.3 is 20.4 Å². The van der Waals surface area contributed by atoms with Crippen molar-refractivity contribution in [3.05, 3.63) is 23.8 Å². The van der Waals surface area contributed by atoms with Gasteiger partial charge in [0.2, 0.25) is 0 Å². The van der Waals surface area contributed by atoms with Crippen molar-refractivity contribution in [3.63, 3.8) is 0 Å². The summed E-state index contributed by atoms with van der Waals surface area (Å²) in [4.78, 5) is 10.3. The molecule has 0 aliphatic rings. The highest BCUT2D eigenvalue weighted by atomic mass is 16.4. The van der Waals surface area contributed by atoms with Crippen LogP contribution in [0.4, 0.5) is 0 Å². The second kappa shape index (κ2) is 3.97. The maximum absolute atomic E-state index is 10.3. The molecule has 0 amide bonds. The summed E-state index contributed by atoms with van der Waals surface area (Å²) >= 11 is 0. The van der Waals surface area contributed by atoms with Gasteiger partial charge in [-0.3, -0.25) is 4.79 Å². The first-order valence-electron chi connectivity index (χ1n) is 3.92. The molecule has 1 aromatic rings. The topological polar surface area (TPSA) is 98.0 Å². The van der Waals surface area contributed by atoms with Crippen LogP contribution in [0, 0.1) is 0 Å². The number of hydrogen-bond donors (Lipinski definition) is 4. The number of carbonyl (C=O) groups is 1. The van der Waals surface area contributed by atoms with Crippen LogP contribution in [0.25, 0.3) is 0 Å². The predicted octanol–water partition coefficient (Wildman–Crippen LogP) is 0.606. The van der Waals surface area contributed by atoms with Crippen LogP contribution >= 0.6 is 0 Å². The highest BCUT2D eigenvalue weighted by molar-refractivity contribution is 5.68. The molecule has 0 radical (unpaired) electrons. The summed E-state index contributed by atoms with van der Waals surface area (Å²) in [6.07, 6.45) is -1.76. The fraction of sp³-hybridized carbons (Fsp3) is 0.222. The minimum Gasteiger partial charge on any atom is -0.508 e. The van der Waals surface area contributed by atoms with E-state index in [1.807, 2.05) is 0 Å². The molecule has 0 saturated carbocycles. The average molecular weight is 198 g/mol. The summed E-state index contributed by atoms with van der Waals surface area (Å²) in [5.74, 6) is -1.63. The molecule has 5 heteroatoms. The van der Waals surface area contributed by atoms with Gasteiger partial charge in [-0.05, 0) is 12.1 Å². The number of hydrogen-bond acceptors (Lipinski definition) is 4. The van der Waals surface area contributed by atoms with Gasteiger partial charge in [0.15, 0.2) is 0 Å². The van der Waals surface area contributed by atoms with Crippen LogP contribution in [0.1, 0.15) is 18.1 Å². The van der Waals surface area contributed by atoms with E-state index in [1.165, 1.54) is 12.1 Å². The van der Waals surface area contributed by atoms with E-state index in [4.69, 9.17) is 10.2 Å². The van der Waals surface area contributed by atoms with E-state index in [2.05, 4.69) is 0 Å². The molecule has 76 valence electrons. The Morgan fingerprint density at radius 3 is 2.50 bits per heavy atom. The first-order valence-corrected chi connectivity index (χ1v) is 3.92. The maximum Gasteiger partial charge on any atom is 0.306 e. The number of aromatic hydroxyl groups is 2. The standard InChI is InChI=1S/C9H10O5/c10-5-1-2-6(7(11)3-5)8(12)4-9(13)14/h1-3,8,10-12H,4H2,(H,13,14)/t8-/m0/s1. The molecule has 0 heterocycles. The Morgan fingerprint density at radius 1 is 1.36 bits per heavy atom. The van der Waals surface area contributed by atoms with E-state index in [-0.39, 0.29) is 17.1 Å². The molecular weight excluding hydrogens is 188 g/mol. The van der Waals surface area contributed by atoms with Gasteiger partial charge in [-0.2, -0.15) is 0 Å². The summed E-state index contributed by atoms with van der Waals surface area (Å²) in [5, 5.41) is 35.9. The molecular formula is C9H10O5. The van der Waals surface area contributed by atoms with E-state index < -0.39 is 18.5 Å². The quantitative estimate of drug-likeness (QED) is 0.570. The lowest BCUT2D eigenvalue weighted by Gasteiger charge is -2.10. The third kappa shape index (κ3) is 2.37. The molecule has 14 heavy (non-hydrogen) atoms. The van der Waals surface area contributed by atoms with Crippen molar-refractivity contribution < 1.29 is 25.2 Å². The monoisotopic (exact) mass is 198 g/mol. The lowest BCUT2D eigenvalue weighted by molar-refractivity contribution is -0.139. The van der Waals surface area contributed by atoms with Crippen LogP contribution in [0.3, 0.4) is 0 Å². The zero-order valence-corrected chi connectivity index (χ0v) is 7.21. The first kappa shape index (κ1) is 10.3. The Balaban J connectivity index is 2.90. The number of benzene rings is 1. The Kier molecular flexibility index (Phi) is 2.93. The summed E-state index contributed by atoms with van der Waals surface area (Å²) in [6, 6.07) is 3.58. The van der Waals surface area contributed by atoms with Gasteiger partial charge in [0.1, 0.15) is 11.5 Å². The lowest BCUT2D eigenvalue weighted by atomic mass is 10.1. The maximum atomic E-state index is 10.3. The molecule has 1 aromatic carbocycles. The molecule has 5 nitrogen and oxygen atoms in total. The molecule has 1 rings (SSSR count). The molecule has 0 spiro atoms. The zero-order valence-electron chi connectivity index (χ0n) is 7.21. The predicted molar refractivity (Wildman–Crippen MR) is 47.0 cm³/mol. The fourth-order valence-electron chi connectivity index (χ4n) is 1.09. The normalized spacial score (nSPS) is 12.4. The summed E-state index contributed by atoms with van der Waals surface area (Å²) in [5.41, 5.74) is 0.0881. The van der Waals surface area contributed by atoms with Crippen molar-refractivity contribution in [2.75, 3.05) is 0 Å². The van der Waals surface area contributed by atoms with Crippen LogP contribution < -0.4 is 0 Å². The van der Waals surface area contributed by atoms with Crippen LogP contribution in [0.15, 0.2) is 18.2 Å². The highest BCUT2D eigenvalue weighted by Crippen LogP contribution is 2.29. The van der Waals surface area contributed by atoms with Gasteiger partial charge in [0.25, 0.3) is 0 Å². The number of rotatable bonds is 3. The molecule has 0 bridgehead atoms. The smallest absolute Gasteiger partial charge is 0.306 e. The zero-order chi connectivity index (χ0) is 10.7. The Morgan fingerprint density at radius 2 is 2.00 bits per heavy atom. The number of aliphatic hydroxyl groups is 1. The van der Waals surface area contributed by atoms with Gasteiger partial charge in [-0.1, -0.05) is 0 Å². The summed E-state index contributed by atoms with van der Waals surface area (Å²) in [6.45, 7) is 0. The van der Waals surface area contributed by atoms with Crippen molar-refractivity contribution in [2.45, 2.75) is 12.5 Å². The fourth-order valence-corrected chi connectivity index (χ4v) is 1.09. The number of aliphatic hydroxyl groups excluding tert-OH is 1. The van der Waals surface area contributed by atoms with Crippen LogP contribution in [-0.4, -0.2) is 26.4 Å². The average Bonchev–Trinajstić information content (AvgIpc) is 2.01.